The van der Waals surface area contributed by atoms with E-state index in [1.807, 2.05) is 0 Å². The van der Waals surface area contributed by atoms with Crippen LogP contribution < -0.4 is 10.6 Å². The first kappa shape index (κ1) is 21.0. The molecule has 30 heavy (non-hydrogen) atoms. The van der Waals surface area contributed by atoms with Gasteiger partial charge in [-0.1, -0.05) is 24.3 Å². The summed E-state index contributed by atoms with van der Waals surface area (Å²) >= 11 is 0. The summed E-state index contributed by atoms with van der Waals surface area (Å²) in [5, 5.41) is 4.29. The molecule has 4 amide bonds. The minimum atomic E-state index is -4.98. The molecular formula is C20H16F3N3O4. The molecule has 1 aliphatic heterocycles. The summed E-state index contributed by atoms with van der Waals surface area (Å²) in [5.41, 5.74) is 1.24. The Balaban J connectivity index is 1.54. The molecule has 2 aromatic rings. The molecule has 1 heterocycles. The van der Waals surface area contributed by atoms with Gasteiger partial charge in [-0.15, -0.1) is 0 Å². The number of benzene rings is 2. The fourth-order valence-corrected chi connectivity index (χ4v) is 2.92. The first-order chi connectivity index (χ1) is 14.2. The Morgan fingerprint density at radius 1 is 0.933 bits per heavy atom. The van der Waals surface area contributed by atoms with Crippen LogP contribution in [-0.4, -0.2) is 41.2 Å². The molecule has 0 saturated heterocycles. The first-order valence-corrected chi connectivity index (χ1v) is 8.86. The monoisotopic (exact) mass is 419 g/mol. The van der Waals surface area contributed by atoms with Crippen molar-refractivity contribution in [3.63, 3.8) is 0 Å². The largest absolute Gasteiger partial charge is 0.471 e. The van der Waals surface area contributed by atoms with Crippen molar-refractivity contribution in [2.75, 3.05) is 11.9 Å². The zero-order chi connectivity index (χ0) is 21.9. The number of hydrogen-bond acceptors (Lipinski definition) is 4. The van der Waals surface area contributed by atoms with E-state index in [1.165, 1.54) is 24.3 Å². The lowest BCUT2D eigenvalue weighted by molar-refractivity contribution is -0.173. The van der Waals surface area contributed by atoms with Crippen LogP contribution in [0.1, 0.15) is 32.7 Å². The number of nitrogens with one attached hydrogen (secondary N) is 2. The maximum Gasteiger partial charge on any atom is 0.471 e. The number of carbonyl (C=O) groups is 4. The highest BCUT2D eigenvalue weighted by Gasteiger charge is 2.38. The van der Waals surface area contributed by atoms with Gasteiger partial charge in [-0.2, -0.15) is 13.2 Å². The second-order valence-electron chi connectivity index (χ2n) is 6.49. The quantitative estimate of drug-likeness (QED) is 0.704. The number of fused-ring (bicyclic) bond motifs is 1. The highest BCUT2D eigenvalue weighted by Crippen LogP contribution is 2.22. The smallest absolute Gasteiger partial charge is 0.344 e. The lowest BCUT2D eigenvalue weighted by Crippen LogP contribution is -2.36. The number of imide groups is 1. The molecule has 0 fully saturated rings. The van der Waals surface area contributed by atoms with Crippen LogP contribution in [0.4, 0.5) is 18.9 Å². The van der Waals surface area contributed by atoms with Crippen molar-refractivity contribution in [1.82, 2.24) is 10.2 Å². The van der Waals surface area contributed by atoms with Crippen LogP contribution >= 0.6 is 0 Å². The summed E-state index contributed by atoms with van der Waals surface area (Å²) in [6.45, 7) is -0.476. The molecular weight excluding hydrogens is 403 g/mol. The fraction of sp³-hybridized carbons (Fsp3) is 0.200. The minimum Gasteiger partial charge on any atom is -0.344 e. The summed E-state index contributed by atoms with van der Waals surface area (Å²) in [4.78, 5) is 48.6. The predicted octanol–water partition coefficient (Wildman–Crippen LogP) is 2.49. The Morgan fingerprint density at radius 3 is 2.17 bits per heavy atom. The topological polar surface area (TPSA) is 95.6 Å². The Morgan fingerprint density at radius 2 is 1.57 bits per heavy atom. The van der Waals surface area contributed by atoms with Crippen molar-refractivity contribution < 1.29 is 32.3 Å². The Bertz CT molecular complexity index is 985. The number of nitrogens with zero attached hydrogens (tertiary/aromatic N) is 1. The van der Waals surface area contributed by atoms with Crippen molar-refractivity contribution in [2.24, 2.45) is 0 Å². The van der Waals surface area contributed by atoms with Gasteiger partial charge in [0.05, 0.1) is 11.1 Å². The molecule has 2 aromatic carbocycles. The van der Waals surface area contributed by atoms with Crippen molar-refractivity contribution in [3.05, 3.63) is 65.2 Å². The fourth-order valence-electron chi connectivity index (χ4n) is 2.92. The molecule has 0 unspecified atom stereocenters. The van der Waals surface area contributed by atoms with Crippen LogP contribution in [0.5, 0.6) is 0 Å². The second kappa shape index (κ2) is 8.36. The van der Waals surface area contributed by atoms with Crippen LogP contribution in [0.3, 0.4) is 0 Å². The molecule has 156 valence electrons. The van der Waals surface area contributed by atoms with Crippen LogP contribution in [-0.2, 0) is 16.1 Å². The van der Waals surface area contributed by atoms with E-state index in [9.17, 15) is 32.3 Å². The van der Waals surface area contributed by atoms with Crippen LogP contribution in [0.25, 0.3) is 0 Å². The van der Waals surface area contributed by atoms with Crippen LogP contribution in [0, 0.1) is 0 Å². The Labute approximate surface area is 168 Å². The van der Waals surface area contributed by atoms with E-state index in [4.69, 9.17) is 0 Å². The van der Waals surface area contributed by atoms with Gasteiger partial charge in [0, 0.05) is 25.2 Å². The van der Waals surface area contributed by atoms with Crippen LogP contribution in [0.15, 0.2) is 48.5 Å². The predicted molar refractivity (Wildman–Crippen MR) is 99.4 cm³/mol. The van der Waals surface area contributed by atoms with E-state index in [0.717, 1.165) is 4.90 Å². The van der Waals surface area contributed by atoms with Gasteiger partial charge >= 0.3 is 12.1 Å². The zero-order valence-electron chi connectivity index (χ0n) is 15.5. The summed E-state index contributed by atoms with van der Waals surface area (Å²) in [5.74, 6) is -3.47. The van der Waals surface area contributed by atoms with E-state index in [2.05, 4.69) is 5.32 Å². The normalized spacial score (nSPS) is 13.2. The number of alkyl halides is 3. The number of anilines is 1. The van der Waals surface area contributed by atoms with Gasteiger partial charge < -0.3 is 10.6 Å². The highest BCUT2D eigenvalue weighted by molar-refractivity contribution is 6.21. The summed E-state index contributed by atoms with van der Waals surface area (Å²) < 4.78 is 36.7. The van der Waals surface area contributed by atoms with Gasteiger partial charge in [-0.05, 0) is 29.8 Å². The molecule has 7 nitrogen and oxygen atoms in total. The average Bonchev–Trinajstić information content (AvgIpc) is 2.94. The van der Waals surface area contributed by atoms with Gasteiger partial charge in [0.15, 0.2) is 0 Å². The molecule has 3 rings (SSSR count). The standard InChI is InChI=1S/C20H16F3N3O4/c21-20(22,23)19(30)24-11-12-4-3-5-13(10-12)25-16(27)8-9-26-17(28)14-6-1-2-7-15(14)18(26)29/h1-7,10H,8-9,11H2,(H,24,30)(H,25,27). The van der Waals surface area contributed by atoms with Crippen molar-refractivity contribution in [2.45, 2.75) is 19.1 Å². The number of halogens is 3. The Hall–Kier alpha value is -3.69. The lowest BCUT2D eigenvalue weighted by Gasteiger charge is -2.14. The van der Waals surface area contributed by atoms with Crippen molar-refractivity contribution >= 4 is 29.3 Å². The molecule has 10 heteroatoms. The van der Waals surface area contributed by atoms with Gasteiger partial charge in [-0.3, -0.25) is 24.1 Å². The molecule has 0 saturated carbocycles. The van der Waals surface area contributed by atoms with Crippen molar-refractivity contribution in [1.29, 1.82) is 0 Å². The third kappa shape index (κ3) is 4.65. The number of amides is 4. The number of carbonyl (C=O) groups excluding carboxylic acids is 4. The van der Waals surface area contributed by atoms with E-state index in [1.54, 1.807) is 29.6 Å². The maximum atomic E-state index is 12.3. The van der Waals surface area contributed by atoms with Crippen molar-refractivity contribution in [3.8, 4) is 0 Å². The lowest BCUT2D eigenvalue weighted by atomic mass is 10.1. The molecule has 0 spiro atoms. The maximum absolute atomic E-state index is 12.3. The summed E-state index contributed by atoms with van der Waals surface area (Å²) in [6.07, 6.45) is -5.13. The van der Waals surface area contributed by atoms with E-state index >= 15 is 0 Å². The number of hydrogen-bond donors (Lipinski definition) is 2. The summed E-state index contributed by atoms with van der Waals surface area (Å²) in [6, 6.07) is 12.3. The first-order valence-electron chi connectivity index (χ1n) is 8.86. The number of rotatable bonds is 6. The second-order valence-corrected chi connectivity index (χ2v) is 6.49. The molecule has 0 bridgehead atoms. The van der Waals surface area contributed by atoms with E-state index in [0.29, 0.717) is 11.3 Å². The molecule has 0 aromatic heterocycles. The zero-order valence-corrected chi connectivity index (χ0v) is 15.5. The third-order valence-corrected chi connectivity index (χ3v) is 4.36. The molecule has 0 atom stereocenters. The molecule has 2 N–H and O–H groups in total. The summed E-state index contributed by atoms with van der Waals surface area (Å²) in [7, 11) is 0. The van der Waals surface area contributed by atoms with E-state index < -0.39 is 29.8 Å². The van der Waals surface area contributed by atoms with Gasteiger partial charge in [0.25, 0.3) is 11.8 Å². The Kier molecular flexibility index (Phi) is 5.86. The average molecular weight is 419 g/mol. The van der Waals surface area contributed by atoms with E-state index in [-0.39, 0.29) is 30.6 Å². The third-order valence-electron chi connectivity index (χ3n) is 4.36. The minimum absolute atomic E-state index is 0.112. The van der Waals surface area contributed by atoms with Gasteiger partial charge in [0.1, 0.15) is 0 Å². The molecule has 0 radical (unpaired) electrons. The van der Waals surface area contributed by atoms with Gasteiger partial charge in [-0.25, -0.2) is 0 Å². The highest BCUT2D eigenvalue weighted by atomic mass is 19.4. The SMILES string of the molecule is O=C(CCN1C(=O)c2ccccc2C1=O)Nc1cccc(CNC(=O)C(F)(F)F)c1. The van der Waals surface area contributed by atoms with Crippen LogP contribution in [0.2, 0.25) is 0 Å². The molecule has 0 aliphatic carbocycles. The molecule has 1 aliphatic rings. The van der Waals surface area contributed by atoms with Gasteiger partial charge in [0.2, 0.25) is 5.91 Å².